The second-order valence-corrected chi connectivity index (χ2v) is 5.44. The van der Waals surface area contributed by atoms with E-state index in [1.807, 2.05) is 0 Å². The minimum atomic E-state index is -4.69. The molecule has 0 bridgehead atoms. The lowest BCUT2D eigenvalue weighted by molar-refractivity contribution is -0.137. The number of aromatic nitrogens is 2. The van der Waals surface area contributed by atoms with Gasteiger partial charge in [0.2, 0.25) is 5.95 Å². The first-order chi connectivity index (χ1) is 11.1. The maximum atomic E-state index is 13.1. The molecule has 1 aromatic heterocycles. The van der Waals surface area contributed by atoms with Crippen LogP contribution in [0.1, 0.15) is 5.56 Å². The first kappa shape index (κ1) is 18.1. The van der Waals surface area contributed by atoms with E-state index >= 15 is 0 Å². The zero-order valence-corrected chi connectivity index (χ0v) is 13.6. The molecule has 0 aliphatic heterocycles. The van der Waals surface area contributed by atoms with Crippen molar-refractivity contribution in [2.45, 2.75) is 6.18 Å². The Morgan fingerprint density at radius 3 is 2.50 bits per heavy atom. The van der Waals surface area contributed by atoms with Gasteiger partial charge in [0.1, 0.15) is 5.56 Å². The van der Waals surface area contributed by atoms with E-state index < -0.39 is 23.5 Å². The molecule has 0 aliphatic rings. The Kier molecular flexibility index (Phi) is 5.05. The van der Waals surface area contributed by atoms with Crippen LogP contribution in [-0.4, -0.2) is 23.0 Å². The van der Waals surface area contributed by atoms with Crippen molar-refractivity contribution in [2.24, 2.45) is 5.73 Å². The standard InChI is InChI=1S/C13H11Cl2F3N6/c1-24(11(19)20)10-7(13(16,17)18)5-21-12(23-10)22-6-2-3-8(14)9(15)4-6/h2-5H,1H3,(H3,19,20)(H,21,22,23). The minimum absolute atomic E-state index is 0.121. The number of nitrogens with one attached hydrogen (secondary N) is 2. The molecule has 0 fully saturated rings. The van der Waals surface area contributed by atoms with Gasteiger partial charge < -0.3 is 11.1 Å². The first-order valence-electron chi connectivity index (χ1n) is 6.33. The predicted octanol–water partition coefficient (Wildman–Crippen LogP) is 3.88. The third-order valence-corrected chi connectivity index (χ3v) is 3.67. The quantitative estimate of drug-likeness (QED) is 0.556. The molecule has 1 aromatic carbocycles. The summed E-state index contributed by atoms with van der Waals surface area (Å²) in [7, 11) is 1.20. The molecule has 6 nitrogen and oxygen atoms in total. The summed E-state index contributed by atoms with van der Waals surface area (Å²) in [6.07, 6.45) is -4.08. The molecule has 2 rings (SSSR count). The van der Waals surface area contributed by atoms with Crippen molar-refractivity contribution in [1.29, 1.82) is 5.41 Å². The van der Waals surface area contributed by atoms with Crippen molar-refractivity contribution in [1.82, 2.24) is 9.97 Å². The van der Waals surface area contributed by atoms with Crippen LogP contribution in [0.25, 0.3) is 0 Å². The molecule has 2 aromatic rings. The molecule has 0 unspecified atom stereocenters. The number of guanidine groups is 1. The molecule has 11 heteroatoms. The van der Waals surface area contributed by atoms with E-state index in [9.17, 15) is 13.2 Å². The van der Waals surface area contributed by atoms with Gasteiger partial charge in [-0.25, -0.2) is 4.98 Å². The average molecular weight is 379 g/mol. The highest BCUT2D eigenvalue weighted by molar-refractivity contribution is 6.42. The lowest BCUT2D eigenvalue weighted by atomic mass is 10.3. The Balaban J connectivity index is 2.43. The number of nitrogens with two attached hydrogens (primary N) is 1. The summed E-state index contributed by atoms with van der Waals surface area (Å²) in [6.45, 7) is 0. The van der Waals surface area contributed by atoms with Gasteiger partial charge in [-0.05, 0) is 18.2 Å². The SMILES string of the molecule is CN(C(=N)N)c1nc(Nc2ccc(Cl)c(Cl)c2)ncc1C(F)(F)F. The van der Waals surface area contributed by atoms with E-state index in [1.54, 1.807) is 6.07 Å². The van der Waals surface area contributed by atoms with E-state index in [2.05, 4.69) is 15.3 Å². The molecule has 0 saturated carbocycles. The van der Waals surface area contributed by atoms with Gasteiger partial charge >= 0.3 is 6.18 Å². The zero-order valence-electron chi connectivity index (χ0n) is 12.1. The van der Waals surface area contributed by atoms with Crippen molar-refractivity contribution in [3.05, 3.63) is 40.0 Å². The molecule has 0 amide bonds. The third kappa shape index (κ3) is 3.98. The summed E-state index contributed by atoms with van der Waals surface area (Å²) in [4.78, 5) is 8.23. The molecule has 0 atom stereocenters. The number of halogens is 5. The first-order valence-corrected chi connectivity index (χ1v) is 7.09. The minimum Gasteiger partial charge on any atom is -0.370 e. The van der Waals surface area contributed by atoms with Crippen LogP contribution in [0.15, 0.2) is 24.4 Å². The van der Waals surface area contributed by atoms with Crippen molar-refractivity contribution in [3.63, 3.8) is 0 Å². The smallest absolute Gasteiger partial charge is 0.370 e. The number of hydrogen-bond acceptors (Lipinski definition) is 4. The third-order valence-electron chi connectivity index (χ3n) is 2.93. The molecule has 128 valence electrons. The molecule has 4 N–H and O–H groups in total. The Bertz CT molecular complexity index is 781. The van der Waals surface area contributed by atoms with Crippen molar-refractivity contribution >= 4 is 46.6 Å². The molecule has 0 radical (unpaired) electrons. The highest BCUT2D eigenvalue weighted by Gasteiger charge is 2.36. The average Bonchev–Trinajstić information content (AvgIpc) is 2.49. The summed E-state index contributed by atoms with van der Waals surface area (Å²) in [5.74, 6) is -1.27. The van der Waals surface area contributed by atoms with Gasteiger partial charge in [0.15, 0.2) is 11.8 Å². The fraction of sp³-hybridized carbons (Fsp3) is 0.154. The van der Waals surface area contributed by atoms with Gasteiger partial charge in [-0.2, -0.15) is 18.2 Å². The Morgan fingerprint density at radius 2 is 1.96 bits per heavy atom. The van der Waals surface area contributed by atoms with Crippen LogP contribution in [0.5, 0.6) is 0 Å². The highest BCUT2D eigenvalue weighted by Crippen LogP contribution is 2.35. The second-order valence-electron chi connectivity index (χ2n) is 4.63. The van der Waals surface area contributed by atoms with Gasteiger partial charge in [-0.15, -0.1) is 0 Å². The van der Waals surface area contributed by atoms with E-state index in [0.717, 1.165) is 4.90 Å². The molecule has 0 saturated heterocycles. The van der Waals surface area contributed by atoms with Crippen molar-refractivity contribution in [2.75, 3.05) is 17.3 Å². The molecule has 1 heterocycles. The second kappa shape index (κ2) is 6.70. The van der Waals surface area contributed by atoms with E-state index in [-0.39, 0.29) is 11.0 Å². The summed E-state index contributed by atoms with van der Waals surface area (Å²) in [5, 5.41) is 10.6. The molecular weight excluding hydrogens is 368 g/mol. The predicted molar refractivity (Wildman–Crippen MR) is 87.1 cm³/mol. The van der Waals surface area contributed by atoms with Gasteiger partial charge in [-0.3, -0.25) is 10.3 Å². The fourth-order valence-electron chi connectivity index (χ4n) is 1.71. The van der Waals surface area contributed by atoms with E-state index in [4.69, 9.17) is 34.3 Å². The number of benzene rings is 1. The van der Waals surface area contributed by atoms with Crippen molar-refractivity contribution < 1.29 is 13.2 Å². The van der Waals surface area contributed by atoms with Gasteiger partial charge in [0.25, 0.3) is 0 Å². The molecular formula is C13H11Cl2F3N6. The monoisotopic (exact) mass is 378 g/mol. The number of hydrogen-bond donors (Lipinski definition) is 3. The van der Waals surface area contributed by atoms with Gasteiger partial charge in [0.05, 0.1) is 10.0 Å². The van der Waals surface area contributed by atoms with Crippen LogP contribution in [0.4, 0.5) is 30.6 Å². The topological polar surface area (TPSA) is 90.9 Å². The summed E-state index contributed by atoms with van der Waals surface area (Å²) in [6, 6.07) is 4.54. The fourth-order valence-corrected chi connectivity index (χ4v) is 2.00. The largest absolute Gasteiger partial charge is 0.421 e. The van der Waals surface area contributed by atoms with Crippen LogP contribution < -0.4 is 16.0 Å². The summed E-state index contributed by atoms with van der Waals surface area (Å²) < 4.78 is 39.2. The molecule has 0 spiro atoms. The van der Waals surface area contributed by atoms with Crippen LogP contribution in [0.2, 0.25) is 10.0 Å². The maximum absolute atomic E-state index is 13.1. The summed E-state index contributed by atoms with van der Waals surface area (Å²) >= 11 is 11.7. The maximum Gasteiger partial charge on any atom is 0.421 e. The number of alkyl halides is 3. The Hall–Kier alpha value is -2.26. The van der Waals surface area contributed by atoms with Crippen LogP contribution in [0.3, 0.4) is 0 Å². The Morgan fingerprint density at radius 1 is 1.29 bits per heavy atom. The molecule has 0 aliphatic carbocycles. The molecule has 24 heavy (non-hydrogen) atoms. The number of rotatable bonds is 3. The van der Waals surface area contributed by atoms with Crippen LogP contribution in [-0.2, 0) is 6.18 Å². The van der Waals surface area contributed by atoms with E-state index in [0.29, 0.717) is 16.9 Å². The lowest BCUT2D eigenvalue weighted by Crippen LogP contribution is -2.35. The van der Waals surface area contributed by atoms with Crippen LogP contribution in [0, 0.1) is 5.41 Å². The van der Waals surface area contributed by atoms with Crippen LogP contribution >= 0.6 is 23.2 Å². The normalized spacial score (nSPS) is 11.2. The number of nitrogens with zero attached hydrogens (tertiary/aromatic N) is 3. The van der Waals surface area contributed by atoms with Crippen molar-refractivity contribution in [3.8, 4) is 0 Å². The lowest BCUT2D eigenvalue weighted by Gasteiger charge is -2.21. The summed E-state index contributed by atoms with van der Waals surface area (Å²) in [5.41, 5.74) is 4.57. The van der Waals surface area contributed by atoms with Gasteiger partial charge in [-0.1, -0.05) is 23.2 Å². The van der Waals surface area contributed by atoms with E-state index in [1.165, 1.54) is 19.2 Å². The highest BCUT2D eigenvalue weighted by atomic mass is 35.5. The van der Waals surface area contributed by atoms with Gasteiger partial charge in [0, 0.05) is 18.9 Å². The Labute approximate surface area is 144 Å². The number of anilines is 3. The zero-order chi connectivity index (χ0) is 18.1.